The van der Waals surface area contributed by atoms with Crippen molar-refractivity contribution in [2.75, 3.05) is 5.32 Å². The van der Waals surface area contributed by atoms with Gasteiger partial charge in [-0.2, -0.15) is 5.10 Å². The lowest BCUT2D eigenvalue weighted by molar-refractivity contribution is -0.116. The summed E-state index contributed by atoms with van der Waals surface area (Å²) in [6.07, 6.45) is 3.91. The maximum atomic E-state index is 12.4. The number of rotatable bonds is 7. The molecule has 0 aliphatic rings. The Bertz CT molecular complexity index is 1170. The smallest absolute Gasteiger partial charge is 0.226 e. The van der Waals surface area contributed by atoms with E-state index in [4.69, 9.17) is 16.0 Å². The van der Waals surface area contributed by atoms with Gasteiger partial charge >= 0.3 is 0 Å². The van der Waals surface area contributed by atoms with Gasteiger partial charge in [0.2, 0.25) is 5.91 Å². The van der Waals surface area contributed by atoms with Crippen molar-refractivity contribution in [3.63, 3.8) is 0 Å². The first-order valence-electron chi connectivity index (χ1n) is 9.35. The summed E-state index contributed by atoms with van der Waals surface area (Å²) in [5, 5.41) is 7.80. The molecule has 30 heavy (non-hydrogen) atoms. The van der Waals surface area contributed by atoms with Gasteiger partial charge in [-0.25, -0.2) is 9.67 Å². The van der Waals surface area contributed by atoms with E-state index >= 15 is 0 Å². The number of nitrogens with one attached hydrogen (secondary N) is 1. The number of benzene rings is 2. The van der Waals surface area contributed by atoms with E-state index in [1.54, 1.807) is 29.2 Å². The second kappa shape index (κ2) is 9.28. The summed E-state index contributed by atoms with van der Waals surface area (Å²) >= 11 is 9.73. The maximum Gasteiger partial charge on any atom is 0.226 e. The van der Waals surface area contributed by atoms with Crippen LogP contribution in [0, 0.1) is 0 Å². The van der Waals surface area contributed by atoms with Crippen LogP contribution in [0.1, 0.15) is 17.9 Å². The molecule has 0 radical (unpaired) electrons. The van der Waals surface area contributed by atoms with Gasteiger partial charge in [-0.15, -0.1) is 0 Å². The zero-order chi connectivity index (χ0) is 20.9. The van der Waals surface area contributed by atoms with E-state index in [1.807, 2.05) is 42.5 Å². The molecule has 0 saturated heterocycles. The summed E-state index contributed by atoms with van der Waals surface area (Å²) in [7, 11) is 0. The molecule has 0 atom stereocenters. The molecule has 1 N–H and O–H groups in total. The second-order valence-electron chi connectivity index (χ2n) is 6.61. The van der Waals surface area contributed by atoms with Gasteiger partial charge in [0.1, 0.15) is 5.82 Å². The Morgan fingerprint density at radius 3 is 2.77 bits per heavy atom. The number of aromatic nitrogens is 3. The molecule has 1 amide bonds. The van der Waals surface area contributed by atoms with Crippen molar-refractivity contribution in [3.8, 4) is 11.3 Å². The van der Waals surface area contributed by atoms with Crippen molar-refractivity contribution in [2.45, 2.75) is 19.4 Å². The first-order chi connectivity index (χ1) is 14.6. The zero-order valence-corrected chi connectivity index (χ0v) is 18.2. The first-order valence-corrected chi connectivity index (χ1v) is 10.5. The van der Waals surface area contributed by atoms with Crippen LogP contribution in [-0.4, -0.2) is 20.7 Å². The number of oxazole rings is 1. The van der Waals surface area contributed by atoms with Gasteiger partial charge in [-0.05, 0) is 23.8 Å². The van der Waals surface area contributed by atoms with Crippen LogP contribution in [0.5, 0.6) is 0 Å². The SMILES string of the molecule is O=C(CCc1ncc(-c2ccccc2Cl)o1)Nc1ccnn1Cc1ccccc1Br. The lowest BCUT2D eigenvalue weighted by Crippen LogP contribution is -2.16. The number of carbonyl (C=O) groups excluding carboxylic acids is 1. The molecule has 2 aromatic heterocycles. The van der Waals surface area contributed by atoms with Crippen LogP contribution in [0.25, 0.3) is 11.3 Å². The largest absolute Gasteiger partial charge is 0.441 e. The number of nitrogens with zero attached hydrogens (tertiary/aromatic N) is 3. The monoisotopic (exact) mass is 484 g/mol. The molecule has 0 spiro atoms. The van der Waals surface area contributed by atoms with E-state index in [-0.39, 0.29) is 12.3 Å². The van der Waals surface area contributed by atoms with Crippen molar-refractivity contribution < 1.29 is 9.21 Å². The molecule has 4 rings (SSSR count). The van der Waals surface area contributed by atoms with E-state index in [0.717, 1.165) is 15.6 Å². The average molecular weight is 486 g/mol. The highest BCUT2D eigenvalue weighted by Crippen LogP contribution is 2.28. The average Bonchev–Trinajstić information content (AvgIpc) is 3.38. The lowest BCUT2D eigenvalue weighted by atomic mass is 10.2. The normalized spacial score (nSPS) is 10.9. The number of hydrogen-bond acceptors (Lipinski definition) is 4. The fraction of sp³-hybridized carbons (Fsp3) is 0.136. The predicted octanol–water partition coefficient (Wildman–Crippen LogP) is 5.57. The van der Waals surface area contributed by atoms with Crippen LogP contribution < -0.4 is 5.32 Å². The first kappa shape index (κ1) is 20.4. The summed E-state index contributed by atoms with van der Waals surface area (Å²) in [5.74, 6) is 1.57. The molecule has 0 saturated carbocycles. The number of aryl methyl sites for hydroxylation is 1. The van der Waals surface area contributed by atoms with Gasteiger partial charge in [0.05, 0.1) is 24.0 Å². The molecule has 0 fully saturated rings. The summed E-state index contributed by atoms with van der Waals surface area (Å²) < 4.78 is 8.50. The standard InChI is InChI=1S/C22H18BrClN4O2/c23-17-7-3-1-5-15(17)14-28-20(11-12-26-28)27-21(29)9-10-22-25-13-19(30-22)16-6-2-4-8-18(16)24/h1-8,11-13H,9-10,14H2,(H,27,29). The Morgan fingerprint density at radius 2 is 1.93 bits per heavy atom. The Kier molecular flexibility index (Phi) is 6.30. The molecule has 0 bridgehead atoms. The molecule has 4 aromatic rings. The molecule has 8 heteroatoms. The van der Waals surface area contributed by atoms with Crippen molar-refractivity contribution in [3.05, 3.63) is 87.9 Å². The lowest BCUT2D eigenvalue weighted by Gasteiger charge is -2.10. The third-order valence-electron chi connectivity index (χ3n) is 4.52. The van der Waals surface area contributed by atoms with Crippen molar-refractivity contribution in [2.24, 2.45) is 0 Å². The summed E-state index contributed by atoms with van der Waals surface area (Å²) in [5.41, 5.74) is 1.85. The molecule has 2 heterocycles. The van der Waals surface area contributed by atoms with Crippen LogP contribution in [0.4, 0.5) is 5.82 Å². The molecule has 0 aliphatic heterocycles. The van der Waals surface area contributed by atoms with Gasteiger partial charge in [0.15, 0.2) is 11.7 Å². The highest BCUT2D eigenvalue weighted by atomic mass is 79.9. The van der Waals surface area contributed by atoms with Crippen LogP contribution in [0.3, 0.4) is 0 Å². The fourth-order valence-electron chi connectivity index (χ4n) is 2.99. The van der Waals surface area contributed by atoms with E-state index in [9.17, 15) is 4.79 Å². The molecule has 152 valence electrons. The Morgan fingerprint density at radius 1 is 1.13 bits per heavy atom. The molecule has 0 aliphatic carbocycles. The topological polar surface area (TPSA) is 73.0 Å². The molecule has 0 unspecified atom stereocenters. The highest BCUT2D eigenvalue weighted by molar-refractivity contribution is 9.10. The molecule has 6 nitrogen and oxygen atoms in total. The minimum absolute atomic E-state index is 0.138. The van der Waals surface area contributed by atoms with Gasteiger partial charge in [-0.3, -0.25) is 4.79 Å². The Hall–Kier alpha value is -2.90. The number of hydrogen-bond donors (Lipinski definition) is 1. The van der Waals surface area contributed by atoms with Crippen LogP contribution in [-0.2, 0) is 17.8 Å². The van der Waals surface area contributed by atoms with E-state index in [1.165, 1.54) is 0 Å². The van der Waals surface area contributed by atoms with E-state index < -0.39 is 0 Å². The highest BCUT2D eigenvalue weighted by Gasteiger charge is 2.13. The number of carbonyl (C=O) groups is 1. The quantitative estimate of drug-likeness (QED) is 0.371. The van der Waals surface area contributed by atoms with E-state index in [2.05, 4.69) is 31.3 Å². The van der Waals surface area contributed by atoms with Crippen LogP contribution in [0.15, 0.2) is 75.9 Å². The van der Waals surface area contributed by atoms with Gasteiger partial charge in [0, 0.05) is 28.9 Å². The number of anilines is 1. The van der Waals surface area contributed by atoms with Gasteiger partial charge in [-0.1, -0.05) is 57.9 Å². The second-order valence-corrected chi connectivity index (χ2v) is 7.87. The van der Waals surface area contributed by atoms with Crippen molar-refractivity contribution >= 4 is 39.3 Å². The van der Waals surface area contributed by atoms with Crippen LogP contribution in [0.2, 0.25) is 5.02 Å². The van der Waals surface area contributed by atoms with Gasteiger partial charge in [0.25, 0.3) is 0 Å². The molecular weight excluding hydrogens is 468 g/mol. The van der Waals surface area contributed by atoms with Crippen LogP contribution >= 0.6 is 27.5 Å². The molecular formula is C22H18BrClN4O2. The fourth-order valence-corrected chi connectivity index (χ4v) is 3.63. The summed E-state index contributed by atoms with van der Waals surface area (Å²) in [6.45, 7) is 0.547. The van der Waals surface area contributed by atoms with E-state index in [0.29, 0.717) is 35.5 Å². The summed E-state index contributed by atoms with van der Waals surface area (Å²) in [6, 6.07) is 17.1. The minimum Gasteiger partial charge on any atom is -0.441 e. The predicted molar refractivity (Wildman–Crippen MR) is 119 cm³/mol. The maximum absolute atomic E-state index is 12.4. The number of halogens is 2. The molecule has 2 aromatic carbocycles. The number of amides is 1. The van der Waals surface area contributed by atoms with Crippen molar-refractivity contribution in [1.82, 2.24) is 14.8 Å². The zero-order valence-electron chi connectivity index (χ0n) is 15.9. The van der Waals surface area contributed by atoms with Gasteiger partial charge < -0.3 is 9.73 Å². The Labute approximate surface area is 187 Å². The third-order valence-corrected chi connectivity index (χ3v) is 5.62. The minimum atomic E-state index is -0.138. The van der Waals surface area contributed by atoms with Crippen molar-refractivity contribution in [1.29, 1.82) is 0 Å². The Balaban J connectivity index is 1.36. The summed E-state index contributed by atoms with van der Waals surface area (Å²) in [4.78, 5) is 16.7. The third kappa shape index (κ3) is 4.80.